The molecule has 22 heavy (non-hydrogen) atoms. The summed E-state index contributed by atoms with van der Waals surface area (Å²) in [6.45, 7) is 0. The average molecular weight is 295 g/mol. The van der Waals surface area contributed by atoms with E-state index < -0.39 is 0 Å². The average Bonchev–Trinajstić information content (AvgIpc) is 2.62. The maximum absolute atomic E-state index is 6.40. The minimum Gasteiger partial charge on any atom is -0.351 e. The molecule has 2 heteroatoms. The highest BCUT2D eigenvalue weighted by Gasteiger charge is 2.25. The van der Waals surface area contributed by atoms with Crippen molar-refractivity contribution >= 4 is 0 Å². The SMILES string of the molecule is NC(OC(c1ccccc1)c1ccccc1)C1CCCCC1. The zero-order valence-corrected chi connectivity index (χ0v) is 13.0. The summed E-state index contributed by atoms with van der Waals surface area (Å²) in [7, 11) is 0. The van der Waals surface area contributed by atoms with E-state index >= 15 is 0 Å². The van der Waals surface area contributed by atoms with Gasteiger partial charge < -0.3 is 10.5 Å². The van der Waals surface area contributed by atoms with Crippen LogP contribution in [0.2, 0.25) is 0 Å². The molecule has 1 unspecified atom stereocenters. The Labute approximate surface area is 133 Å². The van der Waals surface area contributed by atoms with Crippen molar-refractivity contribution < 1.29 is 4.74 Å². The Morgan fingerprint density at radius 3 is 1.77 bits per heavy atom. The first-order chi connectivity index (χ1) is 10.8. The summed E-state index contributed by atoms with van der Waals surface area (Å²) >= 11 is 0. The monoisotopic (exact) mass is 295 g/mol. The Bertz CT molecular complexity index is 509. The Morgan fingerprint density at radius 1 is 0.773 bits per heavy atom. The minimum absolute atomic E-state index is 0.0840. The van der Waals surface area contributed by atoms with Gasteiger partial charge in [0.25, 0.3) is 0 Å². The maximum atomic E-state index is 6.40. The number of rotatable bonds is 5. The number of nitrogens with two attached hydrogens (primary N) is 1. The van der Waals surface area contributed by atoms with Crippen LogP contribution in [0, 0.1) is 5.92 Å². The van der Waals surface area contributed by atoms with Gasteiger partial charge in [0.1, 0.15) is 12.3 Å². The van der Waals surface area contributed by atoms with Crippen LogP contribution in [0.1, 0.15) is 49.3 Å². The van der Waals surface area contributed by atoms with Gasteiger partial charge in [-0.15, -0.1) is 0 Å². The van der Waals surface area contributed by atoms with Crippen LogP contribution in [0.3, 0.4) is 0 Å². The lowest BCUT2D eigenvalue weighted by atomic mass is 9.88. The Hall–Kier alpha value is -1.64. The molecule has 0 aliphatic heterocycles. The molecule has 2 nitrogen and oxygen atoms in total. The summed E-state index contributed by atoms with van der Waals surface area (Å²) in [5.74, 6) is 0.490. The molecule has 3 rings (SSSR count). The van der Waals surface area contributed by atoms with Crippen molar-refractivity contribution in [3.8, 4) is 0 Å². The third kappa shape index (κ3) is 3.76. The highest BCUT2D eigenvalue weighted by Crippen LogP contribution is 2.32. The molecule has 2 N–H and O–H groups in total. The lowest BCUT2D eigenvalue weighted by Gasteiger charge is -2.31. The van der Waals surface area contributed by atoms with Crippen LogP contribution < -0.4 is 5.73 Å². The quantitative estimate of drug-likeness (QED) is 0.814. The van der Waals surface area contributed by atoms with Gasteiger partial charge in [0, 0.05) is 0 Å². The lowest BCUT2D eigenvalue weighted by molar-refractivity contribution is -0.0316. The van der Waals surface area contributed by atoms with Crippen molar-refractivity contribution in [3.05, 3.63) is 71.8 Å². The highest BCUT2D eigenvalue weighted by atomic mass is 16.5. The van der Waals surface area contributed by atoms with Crippen LogP contribution in [0.5, 0.6) is 0 Å². The van der Waals surface area contributed by atoms with Crippen LogP contribution in [0.15, 0.2) is 60.7 Å². The lowest BCUT2D eigenvalue weighted by Crippen LogP contribution is -2.35. The normalized spacial score (nSPS) is 17.5. The van der Waals surface area contributed by atoms with E-state index in [2.05, 4.69) is 48.5 Å². The highest BCUT2D eigenvalue weighted by molar-refractivity contribution is 5.29. The van der Waals surface area contributed by atoms with E-state index in [4.69, 9.17) is 10.5 Å². The van der Waals surface area contributed by atoms with E-state index in [0.717, 1.165) is 0 Å². The first-order valence-corrected chi connectivity index (χ1v) is 8.35. The molecule has 0 bridgehead atoms. The number of hydrogen-bond acceptors (Lipinski definition) is 2. The summed E-state index contributed by atoms with van der Waals surface area (Å²) in [6, 6.07) is 20.8. The molecule has 1 atom stereocenters. The Kier molecular flexibility index (Phi) is 5.25. The van der Waals surface area contributed by atoms with E-state index in [1.807, 2.05) is 12.1 Å². The first kappa shape index (κ1) is 15.3. The fraction of sp³-hybridized carbons (Fsp3) is 0.400. The summed E-state index contributed by atoms with van der Waals surface area (Å²) in [6.07, 6.45) is 6.01. The molecule has 0 heterocycles. The smallest absolute Gasteiger partial charge is 0.110 e. The molecule has 0 saturated heterocycles. The molecule has 1 saturated carbocycles. The molecule has 1 aliphatic rings. The van der Waals surface area contributed by atoms with E-state index in [0.29, 0.717) is 5.92 Å². The van der Waals surface area contributed by atoms with Crippen LogP contribution >= 0.6 is 0 Å². The van der Waals surface area contributed by atoms with Crippen LogP contribution in [0.4, 0.5) is 0 Å². The van der Waals surface area contributed by atoms with Crippen molar-refractivity contribution in [1.82, 2.24) is 0 Å². The van der Waals surface area contributed by atoms with Gasteiger partial charge in [0.05, 0.1) is 0 Å². The summed E-state index contributed by atoms with van der Waals surface area (Å²) in [4.78, 5) is 0. The third-order valence-electron chi connectivity index (χ3n) is 4.61. The molecule has 2 aromatic rings. The molecule has 2 aromatic carbocycles. The fourth-order valence-electron chi connectivity index (χ4n) is 3.34. The standard InChI is InChI=1S/C20H25NO/c21-20(18-14-8-3-9-15-18)22-19(16-10-4-1-5-11-16)17-12-6-2-7-13-17/h1-2,4-7,10-13,18-20H,3,8-9,14-15,21H2. The summed E-state index contributed by atoms with van der Waals surface area (Å²) < 4.78 is 6.34. The van der Waals surface area contributed by atoms with E-state index in [1.54, 1.807) is 0 Å². The topological polar surface area (TPSA) is 35.2 Å². The second-order valence-electron chi connectivity index (χ2n) is 6.20. The van der Waals surface area contributed by atoms with Gasteiger partial charge in [-0.3, -0.25) is 0 Å². The molecular formula is C20H25NO. The van der Waals surface area contributed by atoms with E-state index in [9.17, 15) is 0 Å². The zero-order valence-electron chi connectivity index (χ0n) is 13.0. The maximum Gasteiger partial charge on any atom is 0.110 e. The van der Waals surface area contributed by atoms with Gasteiger partial charge in [-0.25, -0.2) is 0 Å². The van der Waals surface area contributed by atoms with Gasteiger partial charge in [0.15, 0.2) is 0 Å². The molecular weight excluding hydrogens is 270 g/mol. The second kappa shape index (κ2) is 7.57. The van der Waals surface area contributed by atoms with Crippen LogP contribution in [0.25, 0.3) is 0 Å². The van der Waals surface area contributed by atoms with Gasteiger partial charge in [-0.2, -0.15) is 0 Å². The van der Waals surface area contributed by atoms with Crippen LogP contribution in [-0.4, -0.2) is 6.23 Å². The molecule has 0 spiro atoms. The molecule has 0 aromatic heterocycles. The second-order valence-corrected chi connectivity index (χ2v) is 6.20. The molecule has 0 radical (unpaired) electrons. The predicted octanol–water partition coefficient (Wildman–Crippen LogP) is 4.66. The predicted molar refractivity (Wildman–Crippen MR) is 90.4 cm³/mol. The number of benzene rings is 2. The molecule has 1 aliphatic carbocycles. The van der Waals surface area contributed by atoms with Gasteiger partial charge >= 0.3 is 0 Å². The molecule has 116 valence electrons. The van der Waals surface area contributed by atoms with Crippen molar-refractivity contribution in [3.63, 3.8) is 0 Å². The van der Waals surface area contributed by atoms with Crippen LogP contribution in [-0.2, 0) is 4.74 Å². The largest absolute Gasteiger partial charge is 0.351 e. The minimum atomic E-state index is -0.189. The van der Waals surface area contributed by atoms with Gasteiger partial charge in [-0.1, -0.05) is 79.9 Å². The van der Waals surface area contributed by atoms with Crippen molar-refractivity contribution in [2.24, 2.45) is 11.7 Å². The van der Waals surface area contributed by atoms with E-state index in [1.165, 1.54) is 43.2 Å². The summed E-state index contributed by atoms with van der Waals surface area (Å²) in [5.41, 5.74) is 8.74. The Balaban J connectivity index is 1.79. The fourth-order valence-corrected chi connectivity index (χ4v) is 3.34. The van der Waals surface area contributed by atoms with Crippen molar-refractivity contribution in [2.75, 3.05) is 0 Å². The number of hydrogen-bond donors (Lipinski definition) is 1. The van der Waals surface area contributed by atoms with E-state index in [-0.39, 0.29) is 12.3 Å². The Morgan fingerprint density at radius 2 is 1.27 bits per heavy atom. The zero-order chi connectivity index (χ0) is 15.2. The van der Waals surface area contributed by atoms with Gasteiger partial charge in [0.2, 0.25) is 0 Å². The van der Waals surface area contributed by atoms with Crippen molar-refractivity contribution in [2.45, 2.75) is 44.4 Å². The summed E-state index contributed by atoms with van der Waals surface area (Å²) in [5, 5.41) is 0. The third-order valence-corrected chi connectivity index (χ3v) is 4.61. The molecule has 0 amide bonds. The first-order valence-electron chi connectivity index (χ1n) is 8.35. The van der Waals surface area contributed by atoms with Crippen molar-refractivity contribution in [1.29, 1.82) is 0 Å². The molecule has 1 fully saturated rings. The van der Waals surface area contributed by atoms with Gasteiger partial charge in [-0.05, 0) is 29.9 Å². The number of ether oxygens (including phenoxy) is 1.